The average Bonchev–Trinajstić information content (AvgIpc) is 1.64. The first-order valence-electron chi connectivity index (χ1n) is 1.66. The summed E-state index contributed by atoms with van der Waals surface area (Å²) in [5.41, 5.74) is 0. The lowest BCUT2D eigenvalue weighted by atomic mass is 10.8. The summed E-state index contributed by atoms with van der Waals surface area (Å²) < 4.78 is 19.6. The molecule has 0 bridgehead atoms. The molecule has 0 aromatic rings. The summed E-state index contributed by atoms with van der Waals surface area (Å²) >= 11 is 4.84. The zero-order chi connectivity index (χ0) is 6.73. The maximum Gasteiger partial charge on any atom is 0.247 e. The molecule has 1 amide bonds. The number of rotatable bonds is 1. The Bertz CT molecular complexity index is 157. The van der Waals surface area contributed by atoms with Gasteiger partial charge in [0.05, 0.1) is 0 Å². The van der Waals surface area contributed by atoms with Crippen molar-refractivity contribution in [3.63, 3.8) is 0 Å². The molecule has 0 N–H and O–H groups in total. The normalized spacial score (nSPS) is 9.38. The summed E-state index contributed by atoms with van der Waals surface area (Å²) in [6.07, 6.45) is 0. The molecule has 0 atom stereocenters. The van der Waals surface area contributed by atoms with Crippen molar-refractivity contribution in [1.29, 1.82) is 0 Å². The Morgan fingerprint density at radius 3 is 2.00 bits per heavy atom. The minimum atomic E-state index is -2.95. The molecule has 0 saturated carbocycles. The molecule has 0 aliphatic heterocycles. The first-order valence-corrected chi connectivity index (χ1v) is 3.13. The van der Waals surface area contributed by atoms with Gasteiger partial charge in [0, 0.05) is 18.7 Å². The van der Waals surface area contributed by atoms with Crippen LogP contribution in [0.1, 0.15) is 6.92 Å². The topological polar surface area (TPSA) is 54.5 Å². The lowest BCUT2D eigenvalue weighted by Gasteiger charge is -1.96. The van der Waals surface area contributed by atoms with Crippen molar-refractivity contribution < 1.29 is 13.2 Å². The van der Waals surface area contributed by atoms with Crippen LogP contribution >= 0.6 is 11.8 Å². The second-order valence-electron chi connectivity index (χ2n) is 1.02. The molecule has 48 valence electrons. The van der Waals surface area contributed by atoms with Crippen LogP contribution in [0.3, 0.4) is 0 Å². The number of nitrogens with zero attached hydrogens (tertiary/aromatic N) is 1. The number of thiol groups is 1. The summed E-state index contributed by atoms with van der Waals surface area (Å²) in [7, 11) is -2.95. The lowest BCUT2D eigenvalue weighted by molar-refractivity contribution is -0.121. The molecule has 0 spiro atoms. The monoisotopic (exact) mass is 157 g/mol. The van der Waals surface area contributed by atoms with Crippen molar-refractivity contribution in [3.05, 3.63) is 0 Å². The summed E-state index contributed by atoms with van der Waals surface area (Å²) in [6.45, 7) is 1.05. The molecular weight excluding hydrogens is 154 g/mol. The van der Waals surface area contributed by atoms with Gasteiger partial charge in [0.1, 0.15) is 0 Å². The van der Waals surface area contributed by atoms with Gasteiger partial charge in [0.2, 0.25) is 16.8 Å². The molecule has 0 fully saturated rings. The van der Waals surface area contributed by atoms with E-state index in [0.717, 1.165) is 6.92 Å². The van der Waals surface area contributed by atoms with Crippen LogP contribution in [0.2, 0.25) is 0 Å². The van der Waals surface area contributed by atoms with Gasteiger partial charge in [-0.2, -0.15) is 0 Å². The van der Waals surface area contributed by atoms with Crippen LogP contribution in [-0.2, 0) is 15.7 Å². The van der Waals surface area contributed by atoms with Crippen LogP contribution < -0.4 is 0 Å². The van der Waals surface area contributed by atoms with E-state index >= 15 is 0 Å². The highest BCUT2D eigenvalue weighted by Crippen LogP contribution is 1.91. The molecule has 0 unspecified atom stereocenters. The molecule has 0 aliphatic carbocycles. The number of hydrogen-bond acceptors (Lipinski definition) is 3. The molecular formula is C2H4ClNO3S. The van der Waals surface area contributed by atoms with Crippen molar-refractivity contribution in [2.24, 2.45) is 0 Å². The molecule has 6 heteroatoms. The zero-order valence-electron chi connectivity index (χ0n) is 4.00. The van der Waals surface area contributed by atoms with Crippen LogP contribution in [0.15, 0.2) is 0 Å². The number of hydrogen-bond donors (Lipinski definition) is 1. The van der Waals surface area contributed by atoms with E-state index < -0.39 is 16.8 Å². The standard InChI is InChI=1S/C2H4ClNO3S/c1-2(5)4(3)8(6)7/h8H,1H3. The van der Waals surface area contributed by atoms with Crippen LogP contribution in [0.5, 0.6) is 0 Å². The highest BCUT2D eigenvalue weighted by Gasteiger charge is 2.03. The Balaban J connectivity index is 4.04. The smallest absolute Gasteiger partial charge is 0.247 e. The number of carbonyl (C=O) groups excluding carboxylic acids is 1. The Morgan fingerprint density at radius 2 is 2.00 bits per heavy atom. The van der Waals surface area contributed by atoms with Crippen molar-refractivity contribution in [2.75, 3.05) is 0 Å². The van der Waals surface area contributed by atoms with E-state index in [9.17, 15) is 13.2 Å². The number of amides is 1. The summed E-state index contributed by atoms with van der Waals surface area (Å²) in [5, 5.41) is 0. The van der Waals surface area contributed by atoms with Crippen molar-refractivity contribution in [3.8, 4) is 0 Å². The van der Waals surface area contributed by atoms with E-state index in [1.54, 1.807) is 0 Å². The SMILES string of the molecule is CC(=O)N(Cl)[SH](=O)=O. The Labute approximate surface area is 53.2 Å². The van der Waals surface area contributed by atoms with Gasteiger partial charge in [-0.15, -0.1) is 3.82 Å². The summed E-state index contributed by atoms with van der Waals surface area (Å²) in [6, 6.07) is 0. The summed E-state index contributed by atoms with van der Waals surface area (Å²) in [4.78, 5) is 10.00. The van der Waals surface area contributed by atoms with Crippen molar-refractivity contribution >= 4 is 28.6 Å². The van der Waals surface area contributed by atoms with E-state index in [1.807, 2.05) is 0 Å². The van der Waals surface area contributed by atoms with Gasteiger partial charge in [0.15, 0.2) is 0 Å². The van der Waals surface area contributed by atoms with E-state index in [1.165, 1.54) is 0 Å². The van der Waals surface area contributed by atoms with Gasteiger partial charge in [-0.3, -0.25) is 4.79 Å². The predicted octanol–water partition coefficient (Wildman–Crippen LogP) is -0.485. The minimum absolute atomic E-state index is 0.120. The predicted molar refractivity (Wildman–Crippen MR) is 28.7 cm³/mol. The third kappa shape index (κ3) is 2.13. The maximum absolute atomic E-state index is 10.00. The third-order valence-electron chi connectivity index (χ3n) is 0.403. The average molecular weight is 158 g/mol. The van der Waals surface area contributed by atoms with Gasteiger partial charge in [-0.05, 0) is 0 Å². The van der Waals surface area contributed by atoms with Crippen LogP contribution in [0.25, 0.3) is 0 Å². The largest absolute Gasteiger partial charge is 0.273 e. The second-order valence-corrected chi connectivity index (χ2v) is 2.47. The molecule has 0 aliphatic rings. The first kappa shape index (κ1) is 7.71. The Morgan fingerprint density at radius 1 is 1.62 bits per heavy atom. The number of carbonyl (C=O) groups is 1. The molecule has 0 aromatic carbocycles. The second kappa shape index (κ2) is 2.88. The van der Waals surface area contributed by atoms with Crippen molar-refractivity contribution in [1.82, 2.24) is 3.82 Å². The van der Waals surface area contributed by atoms with E-state index in [-0.39, 0.29) is 3.82 Å². The fraction of sp³-hybridized carbons (Fsp3) is 0.500. The van der Waals surface area contributed by atoms with Crippen LogP contribution in [0.4, 0.5) is 0 Å². The van der Waals surface area contributed by atoms with Crippen LogP contribution in [-0.4, -0.2) is 18.1 Å². The van der Waals surface area contributed by atoms with E-state index in [0.29, 0.717) is 0 Å². The van der Waals surface area contributed by atoms with E-state index in [2.05, 4.69) is 0 Å². The molecule has 0 rings (SSSR count). The summed E-state index contributed by atoms with van der Waals surface area (Å²) in [5.74, 6) is -0.706. The van der Waals surface area contributed by atoms with Gasteiger partial charge in [0.25, 0.3) is 0 Å². The van der Waals surface area contributed by atoms with Crippen molar-refractivity contribution in [2.45, 2.75) is 6.92 Å². The van der Waals surface area contributed by atoms with Gasteiger partial charge in [-0.25, -0.2) is 8.42 Å². The highest BCUT2D eigenvalue weighted by atomic mass is 35.5. The van der Waals surface area contributed by atoms with Crippen LogP contribution in [0, 0.1) is 0 Å². The van der Waals surface area contributed by atoms with Gasteiger partial charge in [-0.1, -0.05) is 0 Å². The van der Waals surface area contributed by atoms with Gasteiger partial charge < -0.3 is 0 Å². The fourth-order valence-corrected chi connectivity index (χ4v) is 0.345. The molecule has 0 saturated heterocycles. The zero-order valence-corrected chi connectivity index (χ0v) is 5.65. The van der Waals surface area contributed by atoms with Gasteiger partial charge >= 0.3 is 0 Å². The Kier molecular flexibility index (Phi) is 2.78. The minimum Gasteiger partial charge on any atom is -0.273 e. The van der Waals surface area contributed by atoms with E-state index in [4.69, 9.17) is 11.8 Å². The first-order chi connectivity index (χ1) is 3.55. The maximum atomic E-state index is 10.00. The highest BCUT2D eigenvalue weighted by molar-refractivity contribution is 7.71. The molecule has 8 heavy (non-hydrogen) atoms. The molecule has 0 heterocycles. The number of halogens is 1. The quantitative estimate of drug-likeness (QED) is 0.413. The molecule has 4 nitrogen and oxygen atoms in total. The lowest BCUT2D eigenvalue weighted by Crippen LogP contribution is -2.15. The molecule has 0 aromatic heterocycles. The fourth-order valence-electron chi connectivity index (χ4n) is 0.115. The third-order valence-corrected chi connectivity index (χ3v) is 1.58. The molecule has 0 radical (unpaired) electrons. The Hall–Kier alpha value is -0.290.